The topological polar surface area (TPSA) is 9.23 Å². The second-order valence-corrected chi connectivity index (χ2v) is 9.64. The number of hydrogen-bond acceptors (Lipinski definition) is 1. The molecular weight excluding hydrogens is 340 g/mol. The van der Waals surface area contributed by atoms with Gasteiger partial charge in [-0.05, 0) is 95.7 Å². The summed E-state index contributed by atoms with van der Waals surface area (Å²) in [6, 6.07) is 22.4. The Kier molecular flexibility index (Phi) is 3.63. The molecule has 142 valence electrons. The first-order valence-electron chi connectivity index (χ1n) is 10.9. The third-order valence-electron chi connectivity index (χ3n) is 7.91. The molecule has 3 aromatic rings. The highest BCUT2D eigenvalue weighted by Gasteiger charge is 2.52. The van der Waals surface area contributed by atoms with Gasteiger partial charge in [0.2, 0.25) is 0 Å². The molecule has 0 aliphatic heterocycles. The molecule has 0 aromatic heterocycles. The average Bonchev–Trinajstić information content (AvgIpc) is 2.72. The van der Waals surface area contributed by atoms with E-state index >= 15 is 0 Å². The Hall–Kier alpha value is -2.28. The highest BCUT2D eigenvalue weighted by Crippen LogP contribution is 2.62. The van der Waals surface area contributed by atoms with Crippen LogP contribution in [0.3, 0.4) is 0 Å². The summed E-state index contributed by atoms with van der Waals surface area (Å²) in [5.41, 5.74) is 4.51. The zero-order valence-corrected chi connectivity index (χ0v) is 16.7. The summed E-state index contributed by atoms with van der Waals surface area (Å²) in [6.07, 6.45) is 8.54. The van der Waals surface area contributed by atoms with Crippen LogP contribution in [0.5, 0.6) is 5.75 Å². The van der Waals surface area contributed by atoms with E-state index < -0.39 is 0 Å². The van der Waals surface area contributed by atoms with Gasteiger partial charge in [-0.2, -0.15) is 0 Å². The van der Waals surface area contributed by atoms with E-state index in [9.17, 15) is 0 Å². The predicted octanol–water partition coefficient (Wildman–Crippen LogP) is 6.98. The third-order valence-corrected chi connectivity index (χ3v) is 7.91. The van der Waals surface area contributed by atoms with Crippen molar-refractivity contribution >= 4 is 10.8 Å². The van der Waals surface area contributed by atoms with Crippen molar-refractivity contribution in [2.75, 3.05) is 7.11 Å². The van der Waals surface area contributed by atoms with Crippen molar-refractivity contribution in [3.63, 3.8) is 0 Å². The van der Waals surface area contributed by atoms with E-state index in [1.165, 1.54) is 66.0 Å². The first-order chi connectivity index (χ1) is 13.7. The molecule has 1 nitrogen and oxygen atoms in total. The summed E-state index contributed by atoms with van der Waals surface area (Å²) in [6.45, 7) is 0. The van der Waals surface area contributed by atoms with Crippen LogP contribution in [0.4, 0.5) is 0 Å². The molecule has 0 saturated heterocycles. The van der Waals surface area contributed by atoms with Crippen molar-refractivity contribution in [3.05, 3.63) is 66.2 Å². The molecule has 4 aliphatic carbocycles. The number of rotatable bonds is 3. The fraction of sp³-hybridized carbons (Fsp3) is 0.407. The van der Waals surface area contributed by atoms with Gasteiger partial charge in [-0.3, -0.25) is 0 Å². The van der Waals surface area contributed by atoms with Gasteiger partial charge in [-0.25, -0.2) is 0 Å². The van der Waals surface area contributed by atoms with Crippen LogP contribution in [0.15, 0.2) is 60.7 Å². The minimum Gasteiger partial charge on any atom is -0.496 e. The van der Waals surface area contributed by atoms with E-state index in [4.69, 9.17) is 4.74 Å². The number of hydrogen-bond donors (Lipinski definition) is 0. The maximum absolute atomic E-state index is 5.91. The first kappa shape index (κ1) is 16.7. The van der Waals surface area contributed by atoms with E-state index in [0.717, 1.165) is 23.5 Å². The number of methoxy groups -OCH3 is 1. The Morgan fingerprint density at radius 2 is 1.46 bits per heavy atom. The zero-order valence-electron chi connectivity index (χ0n) is 16.7. The Balaban J connectivity index is 1.52. The van der Waals surface area contributed by atoms with Crippen molar-refractivity contribution in [3.8, 4) is 16.9 Å². The summed E-state index contributed by atoms with van der Waals surface area (Å²) < 4.78 is 5.91. The van der Waals surface area contributed by atoms with Gasteiger partial charge < -0.3 is 4.74 Å². The van der Waals surface area contributed by atoms with Gasteiger partial charge in [-0.15, -0.1) is 0 Å². The van der Waals surface area contributed by atoms with Gasteiger partial charge in [0.05, 0.1) is 7.11 Å². The molecule has 28 heavy (non-hydrogen) atoms. The Labute approximate surface area is 167 Å². The summed E-state index contributed by atoms with van der Waals surface area (Å²) >= 11 is 0. The van der Waals surface area contributed by atoms with E-state index in [1.54, 1.807) is 0 Å². The molecule has 7 rings (SSSR count). The average molecular weight is 369 g/mol. The SMILES string of the molecule is COc1ccc(-c2cccc3ccccc23)cc1C12CC3CC(CC(C3)C1)C2. The Morgan fingerprint density at radius 3 is 2.18 bits per heavy atom. The molecule has 4 aliphatic rings. The van der Waals surface area contributed by atoms with Crippen molar-refractivity contribution in [1.29, 1.82) is 0 Å². The highest BCUT2D eigenvalue weighted by molar-refractivity contribution is 5.96. The Morgan fingerprint density at radius 1 is 0.786 bits per heavy atom. The molecular formula is C27H28O. The molecule has 0 N–H and O–H groups in total. The van der Waals surface area contributed by atoms with Gasteiger partial charge in [0.15, 0.2) is 0 Å². The van der Waals surface area contributed by atoms with Crippen molar-refractivity contribution in [2.24, 2.45) is 17.8 Å². The fourth-order valence-corrected chi connectivity index (χ4v) is 7.21. The molecule has 0 spiro atoms. The normalized spacial score (nSPS) is 30.7. The quantitative estimate of drug-likeness (QED) is 0.484. The lowest BCUT2D eigenvalue weighted by molar-refractivity contribution is -0.00613. The molecule has 3 aromatic carbocycles. The van der Waals surface area contributed by atoms with E-state index in [0.29, 0.717) is 5.41 Å². The number of fused-ring (bicyclic) bond motifs is 1. The largest absolute Gasteiger partial charge is 0.496 e. The van der Waals surface area contributed by atoms with Crippen LogP contribution in [-0.2, 0) is 5.41 Å². The second-order valence-electron chi connectivity index (χ2n) is 9.64. The molecule has 4 fully saturated rings. The van der Waals surface area contributed by atoms with Crippen LogP contribution in [0, 0.1) is 17.8 Å². The maximum Gasteiger partial charge on any atom is 0.122 e. The summed E-state index contributed by atoms with van der Waals surface area (Å²) in [5, 5.41) is 2.65. The van der Waals surface area contributed by atoms with Gasteiger partial charge in [0, 0.05) is 5.56 Å². The Bertz CT molecular complexity index is 1010. The van der Waals surface area contributed by atoms with E-state index in [1.807, 2.05) is 7.11 Å². The van der Waals surface area contributed by atoms with Gasteiger partial charge >= 0.3 is 0 Å². The van der Waals surface area contributed by atoms with Crippen molar-refractivity contribution in [1.82, 2.24) is 0 Å². The van der Waals surface area contributed by atoms with Crippen LogP contribution in [-0.4, -0.2) is 7.11 Å². The van der Waals surface area contributed by atoms with Crippen molar-refractivity contribution in [2.45, 2.75) is 43.9 Å². The van der Waals surface area contributed by atoms with Crippen LogP contribution in [0.25, 0.3) is 21.9 Å². The summed E-state index contributed by atoms with van der Waals surface area (Å²) in [5.74, 6) is 3.93. The van der Waals surface area contributed by atoms with Gasteiger partial charge in [0.25, 0.3) is 0 Å². The van der Waals surface area contributed by atoms with Crippen LogP contribution in [0.1, 0.15) is 44.1 Å². The minimum atomic E-state index is 0.348. The molecule has 1 heteroatoms. The lowest BCUT2D eigenvalue weighted by Crippen LogP contribution is -2.48. The fourth-order valence-electron chi connectivity index (χ4n) is 7.21. The standard InChI is InChI=1S/C27H28O/c1-28-26-10-9-22(24-8-4-6-21-5-2-3-7-23(21)24)14-25(26)27-15-18-11-19(16-27)13-20(12-18)17-27/h2-10,14,18-20H,11-13,15-17H2,1H3. The molecule has 4 bridgehead atoms. The number of benzene rings is 3. The lowest BCUT2D eigenvalue weighted by atomic mass is 9.48. The van der Waals surface area contributed by atoms with Crippen LogP contribution in [0.2, 0.25) is 0 Å². The molecule has 0 radical (unpaired) electrons. The zero-order chi connectivity index (χ0) is 18.7. The van der Waals surface area contributed by atoms with E-state index in [2.05, 4.69) is 60.7 Å². The summed E-state index contributed by atoms with van der Waals surface area (Å²) in [7, 11) is 1.84. The predicted molar refractivity (Wildman–Crippen MR) is 116 cm³/mol. The molecule has 0 amide bonds. The minimum absolute atomic E-state index is 0.348. The summed E-state index contributed by atoms with van der Waals surface area (Å²) in [4.78, 5) is 0. The molecule has 0 atom stereocenters. The maximum atomic E-state index is 5.91. The number of ether oxygens (including phenoxy) is 1. The molecule has 4 saturated carbocycles. The molecule has 0 unspecified atom stereocenters. The van der Waals surface area contributed by atoms with Gasteiger partial charge in [-0.1, -0.05) is 48.5 Å². The monoisotopic (exact) mass is 368 g/mol. The van der Waals surface area contributed by atoms with Crippen molar-refractivity contribution < 1.29 is 4.74 Å². The smallest absolute Gasteiger partial charge is 0.122 e. The van der Waals surface area contributed by atoms with Gasteiger partial charge in [0.1, 0.15) is 5.75 Å². The second kappa shape index (κ2) is 6.11. The van der Waals surface area contributed by atoms with Crippen LogP contribution >= 0.6 is 0 Å². The first-order valence-corrected chi connectivity index (χ1v) is 10.9. The highest BCUT2D eigenvalue weighted by atomic mass is 16.5. The lowest BCUT2D eigenvalue weighted by Gasteiger charge is -2.57. The van der Waals surface area contributed by atoms with E-state index in [-0.39, 0.29) is 0 Å². The molecule has 0 heterocycles. The third kappa shape index (κ3) is 2.45. The van der Waals surface area contributed by atoms with Crippen LogP contribution < -0.4 is 4.74 Å².